The van der Waals surface area contributed by atoms with Crippen LogP contribution in [-0.4, -0.2) is 71.6 Å². The quantitative estimate of drug-likeness (QED) is 0.297. The van der Waals surface area contributed by atoms with Gasteiger partial charge in [-0.1, -0.05) is 0 Å². The highest BCUT2D eigenvalue weighted by Crippen LogP contribution is 2.08. The van der Waals surface area contributed by atoms with Gasteiger partial charge in [0.05, 0.1) is 19.6 Å². The molecular formula is C14H27NO6Si. The van der Waals surface area contributed by atoms with Crippen LogP contribution in [0.5, 0.6) is 0 Å². The van der Waals surface area contributed by atoms with Crippen LogP contribution in [-0.2, 0) is 28.5 Å². The van der Waals surface area contributed by atoms with Gasteiger partial charge in [-0.2, -0.15) is 0 Å². The Hall–Kier alpha value is -0.963. The van der Waals surface area contributed by atoms with Crippen LogP contribution in [0.1, 0.15) is 34.1 Å². The number of esters is 2. The Kier molecular flexibility index (Phi) is 12.0. The third-order valence-corrected chi connectivity index (χ3v) is 3.90. The molecule has 0 fully saturated rings. The molecule has 0 aromatic heterocycles. The minimum absolute atomic E-state index is 0.0544. The zero-order valence-electron chi connectivity index (χ0n) is 14.1. The summed E-state index contributed by atoms with van der Waals surface area (Å²) in [4.78, 5) is 23.8. The first-order chi connectivity index (χ1) is 10.5. The molecule has 128 valence electrons. The van der Waals surface area contributed by atoms with Crippen molar-refractivity contribution >= 4 is 21.6 Å². The van der Waals surface area contributed by atoms with Crippen LogP contribution in [0.4, 0.5) is 0 Å². The standard InChI is InChI=1S/C14H27NO6Si/c1-6-18-12(16)10-11(13(17)19-7-2)15(5)22-14(20-8-3)21-9-4/h11,14H,6-10H2,1-5H3/t11-/m0/s1. The van der Waals surface area contributed by atoms with Crippen molar-refractivity contribution < 1.29 is 28.5 Å². The molecule has 0 N–H and O–H groups in total. The van der Waals surface area contributed by atoms with E-state index in [0.717, 1.165) is 0 Å². The van der Waals surface area contributed by atoms with Crippen molar-refractivity contribution in [2.45, 2.75) is 46.1 Å². The highest BCUT2D eigenvalue weighted by atomic mass is 28.2. The average Bonchev–Trinajstić information content (AvgIpc) is 2.45. The van der Waals surface area contributed by atoms with Gasteiger partial charge in [0.1, 0.15) is 6.04 Å². The lowest BCUT2D eigenvalue weighted by atomic mass is 10.2. The van der Waals surface area contributed by atoms with Crippen LogP contribution < -0.4 is 0 Å². The third kappa shape index (κ3) is 8.47. The lowest BCUT2D eigenvalue weighted by Gasteiger charge is -2.28. The highest BCUT2D eigenvalue weighted by Gasteiger charge is 2.30. The van der Waals surface area contributed by atoms with Gasteiger partial charge in [0.2, 0.25) is 9.68 Å². The van der Waals surface area contributed by atoms with Gasteiger partial charge in [-0.05, 0) is 34.7 Å². The molecule has 0 spiro atoms. The van der Waals surface area contributed by atoms with Crippen molar-refractivity contribution in [3.8, 4) is 0 Å². The van der Waals surface area contributed by atoms with E-state index in [2.05, 4.69) is 0 Å². The first-order valence-electron chi connectivity index (χ1n) is 7.54. The Morgan fingerprint density at radius 1 is 0.955 bits per heavy atom. The van der Waals surface area contributed by atoms with Gasteiger partial charge in [0.15, 0.2) is 5.91 Å². The number of likely N-dealkylation sites (N-methyl/N-ethyl adjacent to an activating group) is 1. The average molecular weight is 333 g/mol. The van der Waals surface area contributed by atoms with Crippen LogP contribution in [0.2, 0.25) is 0 Å². The Morgan fingerprint density at radius 2 is 1.50 bits per heavy atom. The van der Waals surface area contributed by atoms with E-state index in [9.17, 15) is 9.59 Å². The molecule has 0 bridgehead atoms. The maximum Gasteiger partial charge on any atom is 0.323 e. The number of ether oxygens (including phenoxy) is 4. The molecule has 0 aliphatic heterocycles. The molecule has 0 heterocycles. The Bertz CT molecular complexity index is 322. The van der Waals surface area contributed by atoms with E-state index >= 15 is 0 Å². The summed E-state index contributed by atoms with van der Waals surface area (Å²) in [6, 6.07) is -0.708. The summed E-state index contributed by atoms with van der Waals surface area (Å²) in [5, 5.41) is 0. The predicted octanol–water partition coefficient (Wildman–Crippen LogP) is 0.779. The van der Waals surface area contributed by atoms with Crippen LogP contribution in [0, 0.1) is 0 Å². The van der Waals surface area contributed by atoms with E-state index in [4.69, 9.17) is 18.9 Å². The maximum absolute atomic E-state index is 12.1. The van der Waals surface area contributed by atoms with Crippen molar-refractivity contribution in [3.05, 3.63) is 0 Å². The first kappa shape index (κ1) is 21.0. The molecule has 7 nitrogen and oxygen atoms in total. The summed E-state index contributed by atoms with van der Waals surface area (Å²) in [5.74, 6) is -1.31. The molecule has 0 aliphatic rings. The molecule has 0 rings (SSSR count). The minimum atomic E-state index is -0.708. The molecule has 0 aromatic carbocycles. The molecule has 0 saturated carbocycles. The summed E-state index contributed by atoms with van der Waals surface area (Å²) in [6.07, 6.45) is -0.0544. The molecule has 2 radical (unpaired) electrons. The van der Waals surface area contributed by atoms with Crippen LogP contribution >= 0.6 is 0 Å². The van der Waals surface area contributed by atoms with Gasteiger partial charge < -0.3 is 23.5 Å². The predicted molar refractivity (Wildman–Crippen MR) is 82.2 cm³/mol. The van der Waals surface area contributed by atoms with Gasteiger partial charge in [-0.25, -0.2) is 0 Å². The third-order valence-electron chi connectivity index (χ3n) is 2.64. The molecule has 0 aromatic rings. The number of carbonyl (C=O) groups excluding carboxylic acids is 2. The smallest absolute Gasteiger partial charge is 0.323 e. The maximum atomic E-state index is 12.1. The monoisotopic (exact) mass is 333 g/mol. The highest BCUT2D eigenvalue weighted by molar-refractivity contribution is 6.33. The van der Waals surface area contributed by atoms with Gasteiger partial charge >= 0.3 is 11.9 Å². The first-order valence-corrected chi connectivity index (χ1v) is 8.56. The van der Waals surface area contributed by atoms with E-state index in [1.165, 1.54) is 0 Å². The van der Waals surface area contributed by atoms with E-state index in [1.54, 1.807) is 25.5 Å². The number of hydrogen-bond acceptors (Lipinski definition) is 7. The molecule has 1 atom stereocenters. The number of carbonyl (C=O) groups is 2. The SMILES string of the molecule is CCOC(=O)C[C@@H](C(=O)OCC)N(C)[Si]C(OCC)OCC. The number of rotatable bonds is 12. The van der Waals surface area contributed by atoms with Crippen LogP contribution in [0.25, 0.3) is 0 Å². The van der Waals surface area contributed by atoms with Gasteiger partial charge in [0, 0.05) is 13.2 Å². The summed E-state index contributed by atoms with van der Waals surface area (Å²) < 4.78 is 22.6. The van der Waals surface area contributed by atoms with E-state index in [-0.39, 0.29) is 29.3 Å². The topological polar surface area (TPSA) is 74.3 Å². The van der Waals surface area contributed by atoms with E-state index < -0.39 is 23.9 Å². The fourth-order valence-corrected chi connectivity index (χ4v) is 2.87. The second kappa shape index (κ2) is 12.6. The van der Waals surface area contributed by atoms with Crippen LogP contribution in [0.3, 0.4) is 0 Å². The fourth-order valence-electron chi connectivity index (χ4n) is 1.68. The minimum Gasteiger partial charge on any atom is -0.466 e. The van der Waals surface area contributed by atoms with Crippen molar-refractivity contribution in [2.75, 3.05) is 33.5 Å². The lowest BCUT2D eigenvalue weighted by Crippen LogP contribution is -2.48. The largest absolute Gasteiger partial charge is 0.466 e. The second-order valence-electron chi connectivity index (χ2n) is 4.26. The summed E-state index contributed by atoms with van der Waals surface area (Å²) in [5.41, 5.74) is 0. The molecule has 0 unspecified atom stereocenters. The van der Waals surface area contributed by atoms with Gasteiger partial charge in [-0.15, -0.1) is 0 Å². The molecule has 0 amide bonds. The van der Waals surface area contributed by atoms with Gasteiger partial charge in [-0.3, -0.25) is 9.59 Å². The number of hydrogen-bond donors (Lipinski definition) is 0. The molecule has 0 aliphatic carbocycles. The van der Waals surface area contributed by atoms with E-state index in [0.29, 0.717) is 13.2 Å². The number of nitrogens with zero attached hydrogens (tertiary/aromatic N) is 1. The van der Waals surface area contributed by atoms with Crippen molar-refractivity contribution in [1.29, 1.82) is 0 Å². The molecule has 8 heteroatoms. The molecule has 22 heavy (non-hydrogen) atoms. The molecular weight excluding hydrogens is 306 g/mol. The second-order valence-corrected chi connectivity index (χ2v) is 5.69. The summed E-state index contributed by atoms with van der Waals surface area (Å²) in [7, 11) is 1.81. The Balaban J connectivity index is 4.81. The van der Waals surface area contributed by atoms with Crippen LogP contribution in [0.15, 0.2) is 0 Å². The summed E-state index contributed by atoms with van der Waals surface area (Å²) >= 11 is 0. The van der Waals surface area contributed by atoms with Crippen molar-refractivity contribution in [2.24, 2.45) is 0 Å². The summed E-state index contributed by atoms with van der Waals surface area (Å²) in [6.45, 7) is 8.75. The van der Waals surface area contributed by atoms with Crippen molar-refractivity contribution in [3.63, 3.8) is 0 Å². The lowest BCUT2D eigenvalue weighted by molar-refractivity contribution is -0.154. The van der Waals surface area contributed by atoms with Crippen molar-refractivity contribution in [1.82, 2.24) is 4.57 Å². The van der Waals surface area contributed by atoms with E-state index in [1.807, 2.05) is 13.8 Å². The Morgan fingerprint density at radius 3 is 1.95 bits per heavy atom. The zero-order chi connectivity index (χ0) is 17.0. The normalized spacial score (nSPS) is 12.5. The Labute approximate surface area is 135 Å². The fraction of sp³-hybridized carbons (Fsp3) is 0.857. The molecule has 0 saturated heterocycles. The zero-order valence-corrected chi connectivity index (χ0v) is 15.1. The van der Waals surface area contributed by atoms with Gasteiger partial charge in [0.25, 0.3) is 0 Å².